The van der Waals surface area contributed by atoms with Crippen LogP contribution in [0.2, 0.25) is 0 Å². The second kappa shape index (κ2) is 6.43. The molecule has 2 aromatic carbocycles. The van der Waals surface area contributed by atoms with Gasteiger partial charge in [-0.05, 0) is 17.7 Å². The van der Waals surface area contributed by atoms with Gasteiger partial charge in [0.15, 0.2) is 11.5 Å². The summed E-state index contributed by atoms with van der Waals surface area (Å²) in [4.78, 5) is 4.26. The zero-order valence-electron chi connectivity index (χ0n) is 14.9. The predicted octanol–water partition coefficient (Wildman–Crippen LogP) is 4.33. The van der Waals surface area contributed by atoms with E-state index < -0.39 is 0 Å². The van der Waals surface area contributed by atoms with Gasteiger partial charge in [0.2, 0.25) is 6.23 Å². The Bertz CT molecular complexity index is 989. The lowest BCUT2D eigenvalue weighted by molar-refractivity contribution is -0.0211. The van der Waals surface area contributed by atoms with Gasteiger partial charge in [-0.15, -0.1) is 0 Å². The minimum atomic E-state index is -0.339. The number of benzene rings is 2. The van der Waals surface area contributed by atoms with E-state index in [9.17, 15) is 0 Å². The zero-order chi connectivity index (χ0) is 18.2. The van der Waals surface area contributed by atoms with Gasteiger partial charge in [0.1, 0.15) is 0 Å². The molecule has 5 heteroatoms. The van der Waals surface area contributed by atoms with Gasteiger partial charge < -0.3 is 9.47 Å². The van der Waals surface area contributed by atoms with Gasteiger partial charge >= 0.3 is 0 Å². The minimum Gasteiger partial charge on any atom is -0.493 e. The standard InChI is InChI=1S/C22H19N3O2/c1-26-20-11-5-10-17-19-13-18(15-7-3-2-4-8-15)24-25(19)22(27-21(17)20)16-9-6-12-23-14-16/h2-12,14,19,22H,13H2,1H3/t19-,22-/m1/s1. The topological polar surface area (TPSA) is 47.0 Å². The highest BCUT2D eigenvalue weighted by atomic mass is 16.5. The highest BCUT2D eigenvalue weighted by Crippen LogP contribution is 2.50. The molecule has 1 aromatic heterocycles. The molecule has 0 fully saturated rings. The molecule has 2 aliphatic heterocycles. The predicted molar refractivity (Wildman–Crippen MR) is 103 cm³/mol. The van der Waals surface area contributed by atoms with Gasteiger partial charge in [-0.25, -0.2) is 5.01 Å². The lowest BCUT2D eigenvalue weighted by atomic mass is 9.95. The average Bonchev–Trinajstić information content (AvgIpc) is 3.20. The number of fused-ring (bicyclic) bond motifs is 3. The normalized spacial score (nSPS) is 20.3. The van der Waals surface area contributed by atoms with E-state index in [2.05, 4.69) is 28.2 Å². The van der Waals surface area contributed by atoms with E-state index in [4.69, 9.17) is 14.6 Å². The molecule has 2 aliphatic rings. The van der Waals surface area contributed by atoms with Gasteiger partial charge in [0.05, 0.1) is 18.9 Å². The molecule has 3 aromatic rings. The number of hydrazone groups is 1. The summed E-state index contributed by atoms with van der Waals surface area (Å²) in [5.41, 5.74) is 4.27. The van der Waals surface area contributed by atoms with Crippen molar-refractivity contribution in [3.63, 3.8) is 0 Å². The summed E-state index contributed by atoms with van der Waals surface area (Å²) in [6, 6.07) is 20.4. The van der Waals surface area contributed by atoms with Crippen molar-refractivity contribution < 1.29 is 9.47 Å². The minimum absolute atomic E-state index is 0.101. The number of pyridine rings is 1. The van der Waals surface area contributed by atoms with E-state index in [1.165, 1.54) is 0 Å². The quantitative estimate of drug-likeness (QED) is 0.700. The van der Waals surface area contributed by atoms with Crippen LogP contribution in [0, 0.1) is 0 Å². The van der Waals surface area contributed by atoms with Crippen molar-refractivity contribution in [2.75, 3.05) is 7.11 Å². The van der Waals surface area contributed by atoms with Crippen molar-refractivity contribution in [3.05, 3.63) is 89.7 Å². The Balaban J connectivity index is 1.63. The molecule has 2 atom stereocenters. The smallest absolute Gasteiger partial charge is 0.215 e. The fourth-order valence-corrected chi connectivity index (χ4v) is 3.79. The lowest BCUT2D eigenvalue weighted by Gasteiger charge is -2.38. The first-order valence-corrected chi connectivity index (χ1v) is 9.00. The van der Waals surface area contributed by atoms with Crippen LogP contribution in [0.4, 0.5) is 0 Å². The fourth-order valence-electron chi connectivity index (χ4n) is 3.79. The lowest BCUT2D eigenvalue weighted by Crippen LogP contribution is -2.33. The molecule has 5 nitrogen and oxygen atoms in total. The molecule has 0 saturated heterocycles. The number of para-hydroxylation sites is 1. The maximum Gasteiger partial charge on any atom is 0.215 e. The van der Waals surface area contributed by atoms with E-state index in [-0.39, 0.29) is 12.3 Å². The van der Waals surface area contributed by atoms with E-state index in [1.807, 2.05) is 48.7 Å². The highest BCUT2D eigenvalue weighted by Gasteiger charge is 2.42. The van der Waals surface area contributed by atoms with Crippen LogP contribution in [0.25, 0.3) is 0 Å². The monoisotopic (exact) mass is 357 g/mol. The van der Waals surface area contributed by atoms with Crippen molar-refractivity contribution in [1.82, 2.24) is 9.99 Å². The summed E-state index contributed by atoms with van der Waals surface area (Å²) in [5.74, 6) is 1.54. The van der Waals surface area contributed by atoms with Gasteiger partial charge in [-0.1, -0.05) is 48.5 Å². The van der Waals surface area contributed by atoms with Crippen LogP contribution < -0.4 is 9.47 Å². The number of ether oxygens (including phenoxy) is 2. The van der Waals surface area contributed by atoms with E-state index in [0.717, 1.165) is 40.3 Å². The van der Waals surface area contributed by atoms with Crippen molar-refractivity contribution in [3.8, 4) is 11.5 Å². The SMILES string of the molecule is COc1cccc2c1O[C@H](c1cccnc1)N1N=C(c3ccccc3)C[C@H]21. The Hall–Kier alpha value is -3.34. The van der Waals surface area contributed by atoms with Crippen molar-refractivity contribution in [2.24, 2.45) is 5.10 Å². The molecule has 0 radical (unpaired) electrons. The summed E-state index contributed by atoms with van der Waals surface area (Å²) >= 11 is 0. The first-order valence-electron chi connectivity index (χ1n) is 9.00. The first kappa shape index (κ1) is 15.9. The first-order chi connectivity index (χ1) is 13.3. The second-order valence-electron chi connectivity index (χ2n) is 6.65. The Morgan fingerprint density at radius 1 is 1.04 bits per heavy atom. The Morgan fingerprint density at radius 3 is 2.70 bits per heavy atom. The Kier molecular flexibility index (Phi) is 3.78. The largest absolute Gasteiger partial charge is 0.493 e. The van der Waals surface area contributed by atoms with E-state index in [0.29, 0.717) is 0 Å². The van der Waals surface area contributed by atoms with Crippen LogP contribution in [0.5, 0.6) is 11.5 Å². The highest BCUT2D eigenvalue weighted by molar-refractivity contribution is 6.01. The maximum absolute atomic E-state index is 6.39. The van der Waals surface area contributed by atoms with Crippen LogP contribution in [0.1, 0.15) is 35.4 Å². The van der Waals surface area contributed by atoms with Crippen LogP contribution in [-0.2, 0) is 0 Å². The van der Waals surface area contributed by atoms with Gasteiger partial charge in [-0.2, -0.15) is 5.10 Å². The fraction of sp³-hybridized carbons (Fsp3) is 0.182. The molecule has 0 spiro atoms. The third kappa shape index (κ3) is 2.63. The number of hydrogen-bond acceptors (Lipinski definition) is 5. The third-order valence-electron chi connectivity index (χ3n) is 5.08. The molecule has 0 bridgehead atoms. The summed E-state index contributed by atoms with van der Waals surface area (Å²) < 4.78 is 12.0. The molecule has 134 valence electrons. The van der Waals surface area contributed by atoms with E-state index in [1.54, 1.807) is 13.3 Å². The van der Waals surface area contributed by atoms with Crippen LogP contribution in [-0.4, -0.2) is 22.8 Å². The molecule has 0 N–H and O–H groups in total. The van der Waals surface area contributed by atoms with E-state index >= 15 is 0 Å². The number of rotatable bonds is 3. The molecule has 27 heavy (non-hydrogen) atoms. The number of hydrogen-bond donors (Lipinski definition) is 0. The Morgan fingerprint density at radius 2 is 1.93 bits per heavy atom. The second-order valence-corrected chi connectivity index (χ2v) is 6.65. The molecule has 0 amide bonds. The zero-order valence-corrected chi connectivity index (χ0v) is 14.9. The molecule has 0 saturated carbocycles. The molecule has 5 rings (SSSR count). The Labute approximate surface area is 157 Å². The molecule has 3 heterocycles. The van der Waals surface area contributed by atoms with Gasteiger partial charge in [-0.3, -0.25) is 4.98 Å². The molecule has 0 unspecified atom stereocenters. The van der Waals surface area contributed by atoms with Gasteiger partial charge in [0, 0.05) is 29.9 Å². The summed E-state index contributed by atoms with van der Waals surface area (Å²) in [5, 5.41) is 7.01. The molecular weight excluding hydrogens is 338 g/mol. The summed E-state index contributed by atoms with van der Waals surface area (Å²) in [6.45, 7) is 0. The summed E-state index contributed by atoms with van der Waals surface area (Å²) in [7, 11) is 1.67. The van der Waals surface area contributed by atoms with Crippen LogP contribution in [0.3, 0.4) is 0 Å². The molecule has 0 aliphatic carbocycles. The number of nitrogens with zero attached hydrogens (tertiary/aromatic N) is 3. The van der Waals surface area contributed by atoms with Crippen LogP contribution in [0.15, 0.2) is 78.2 Å². The van der Waals surface area contributed by atoms with Gasteiger partial charge in [0.25, 0.3) is 0 Å². The van der Waals surface area contributed by atoms with Crippen molar-refractivity contribution >= 4 is 5.71 Å². The van der Waals surface area contributed by atoms with Crippen LogP contribution >= 0.6 is 0 Å². The average molecular weight is 357 g/mol. The third-order valence-corrected chi connectivity index (χ3v) is 5.08. The number of methoxy groups -OCH3 is 1. The number of aromatic nitrogens is 1. The van der Waals surface area contributed by atoms with Crippen molar-refractivity contribution in [1.29, 1.82) is 0 Å². The maximum atomic E-state index is 6.39. The molecular formula is C22H19N3O2. The summed E-state index contributed by atoms with van der Waals surface area (Å²) in [6.07, 6.45) is 4.08. The van der Waals surface area contributed by atoms with Crippen molar-refractivity contribution in [2.45, 2.75) is 18.7 Å².